The molecule has 2 fully saturated rings. The first-order valence-corrected chi connectivity index (χ1v) is 5.84. The molecule has 1 saturated heterocycles. The van der Waals surface area contributed by atoms with Crippen LogP contribution in [0.15, 0.2) is 12.7 Å². The van der Waals surface area contributed by atoms with Crippen molar-refractivity contribution in [2.24, 2.45) is 17.6 Å². The lowest BCUT2D eigenvalue weighted by atomic mass is 9.78. The highest BCUT2D eigenvalue weighted by molar-refractivity contribution is 4.97. The summed E-state index contributed by atoms with van der Waals surface area (Å²) >= 11 is 0. The van der Waals surface area contributed by atoms with E-state index in [-0.39, 0.29) is 0 Å². The fraction of sp³-hybridized carbons (Fsp3) is 0.833. The van der Waals surface area contributed by atoms with Crippen LogP contribution in [0.3, 0.4) is 0 Å². The molecule has 2 N–H and O–H groups in total. The summed E-state index contributed by atoms with van der Waals surface area (Å²) in [6.07, 6.45) is 6.00. The normalized spacial score (nSPS) is 40.6. The Hall–Kier alpha value is -0.340. The van der Waals surface area contributed by atoms with Crippen LogP contribution in [0.5, 0.6) is 0 Å². The van der Waals surface area contributed by atoms with E-state index in [1.807, 2.05) is 6.08 Å². The molecule has 2 nitrogen and oxygen atoms in total. The average Bonchev–Trinajstić information content (AvgIpc) is 2.62. The Morgan fingerprint density at radius 2 is 2.21 bits per heavy atom. The van der Waals surface area contributed by atoms with Crippen molar-refractivity contribution in [3.63, 3.8) is 0 Å². The van der Waals surface area contributed by atoms with Gasteiger partial charge in [-0.3, -0.25) is 4.90 Å². The van der Waals surface area contributed by atoms with E-state index in [2.05, 4.69) is 18.4 Å². The van der Waals surface area contributed by atoms with Gasteiger partial charge < -0.3 is 5.73 Å². The molecule has 2 heteroatoms. The molecule has 1 saturated carbocycles. The first-order chi connectivity index (χ1) is 6.72. The molecule has 0 amide bonds. The molecule has 0 radical (unpaired) electrons. The van der Waals surface area contributed by atoms with Gasteiger partial charge in [0.05, 0.1) is 0 Å². The van der Waals surface area contributed by atoms with Gasteiger partial charge in [-0.2, -0.15) is 0 Å². The predicted octanol–water partition coefficient (Wildman–Crippen LogP) is 1.62. The smallest absolute Gasteiger partial charge is 0.0247 e. The van der Waals surface area contributed by atoms with Crippen LogP contribution in [0.25, 0.3) is 0 Å². The minimum atomic E-state index is 0.454. The monoisotopic (exact) mass is 194 g/mol. The van der Waals surface area contributed by atoms with Crippen molar-refractivity contribution in [1.29, 1.82) is 0 Å². The highest BCUT2D eigenvalue weighted by Crippen LogP contribution is 2.36. The topological polar surface area (TPSA) is 29.3 Å². The molecule has 4 atom stereocenters. The van der Waals surface area contributed by atoms with E-state index in [1.54, 1.807) is 0 Å². The average molecular weight is 194 g/mol. The number of rotatable bonds is 2. The van der Waals surface area contributed by atoms with Crippen LogP contribution in [-0.2, 0) is 0 Å². The summed E-state index contributed by atoms with van der Waals surface area (Å²) < 4.78 is 0. The van der Waals surface area contributed by atoms with E-state index in [9.17, 15) is 0 Å². The molecule has 0 bridgehead atoms. The first-order valence-electron chi connectivity index (χ1n) is 5.84. The SMILES string of the molecule is C=CC(C)N1CC2CCCC(N)C2C1. The van der Waals surface area contributed by atoms with Gasteiger partial charge in [0.15, 0.2) is 0 Å². The highest BCUT2D eigenvalue weighted by atomic mass is 15.2. The summed E-state index contributed by atoms with van der Waals surface area (Å²) in [5.74, 6) is 1.62. The Morgan fingerprint density at radius 1 is 1.43 bits per heavy atom. The van der Waals surface area contributed by atoms with E-state index in [1.165, 1.54) is 32.4 Å². The minimum absolute atomic E-state index is 0.454. The maximum atomic E-state index is 6.17. The fourth-order valence-electron chi connectivity index (χ4n) is 3.03. The lowest BCUT2D eigenvalue weighted by molar-refractivity contribution is 0.258. The second-order valence-electron chi connectivity index (χ2n) is 4.95. The standard InChI is InChI=1S/C12H22N2/c1-3-9(2)14-7-10-5-4-6-12(13)11(10)8-14/h3,9-12H,1,4-8,13H2,2H3. The third-order valence-electron chi connectivity index (χ3n) is 4.10. The molecule has 0 aromatic carbocycles. The van der Waals surface area contributed by atoms with Gasteiger partial charge in [-0.05, 0) is 31.6 Å². The third-order valence-corrected chi connectivity index (χ3v) is 4.10. The van der Waals surface area contributed by atoms with Crippen LogP contribution in [0.1, 0.15) is 26.2 Å². The van der Waals surface area contributed by atoms with Crippen molar-refractivity contribution < 1.29 is 0 Å². The molecule has 0 aromatic rings. The maximum absolute atomic E-state index is 6.17. The maximum Gasteiger partial charge on any atom is 0.0247 e. The van der Waals surface area contributed by atoms with Crippen molar-refractivity contribution in [2.45, 2.75) is 38.3 Å². The van der Waals surface area contributed by atoms with Crippen LogP contribution in [0.2, 0.25) is 0 Å². The largest absolute Gasteiger partial charge is 0.327 e. The Balaban J connectivity index is 2.00. The quantitative estimate of drug-likeness (QED) is 0.677. The Labute approximate surface area is 87.2 Å². The number of fused-ring (bicyclic) bond motifs is 1. The Bertz CT molecular complexity index is 214. The zero-order chi connectivity index (χ0) is 10.1. The molecule has 2 rings (SSSR count). The second kappa shape index (κ2) is 4.03. The molecule has 4 unspecified atom stereocenters. The van der Waals surface area contributed by atoms with Crippen LogP contribution < -0.4 is 5.73 Å². The van der Waals surface area contributed by atoms with Gasteiger partial charge >= 0.3 is 0 Å². The zero-order valence-electron chi connectivity index (χ0n) is 9.15. The molecular formula is C12H22N2. The highest BCUT2D eigenvalue weighted by Gasteiger charge is 2.39. The molecule has 1 heterocycles. The minimum Gasteiger partial charge on any atom is -0.327 e. The van der Waals surface area contributed by atoms with Crippen molar-refractivity contribution in [3.8, 4) is 0 Å². The van der Waals surface area contributed by atoms with E-state index in [0.29, 0.717) is 12.1 Å². The number of hydrogen-bond donors (Lipinski definition) is 1. The van der Waals surface area contributed by atoms with Gasteiger partial charge in [0.2, 0.25) is 0 Å². The van der Waals surface area contributed by atoms with Gasteiger partial charge in [-0.15, -0.1) is 6.58 Å². The van der Waals surface area contributed by atoms with E-state index < -0.39 is 0 Å². The lowest BCUT2D eigenvalue weighted by Crippen LogP contribution is -2.38. The molecule has 80 valence electrons. The molecule has 0 spiro atoms. The Kier molecular flexibility index (Phi) is 2.93. The molecule has 0 aromatic heterocycles. The van der Waals surface area contributed by atoms with Crippen LogP contribution >= 0.6 is 0 Å². The van der Waals surface area contributed by atoms with Crippen LogP contribution in [-0.4, -0.2) is 30.1 Å². The van der Waals surface area contributed by atoms with Gasteiger partial charge in [-0.1, -0.05) is 12.5 Å². The van der Waals surface area contributed by atoms with Crippen molar-refractivity contribution in [2.75, 3.05) is 13.1 Å². The molecule has 1 aliphatic heterocycles. The third kappa shape index (κ3) is 1.73. The second-order valence-corrected chi connectivity index (χ2v) is 4.95. The summed E-state index contributed by atoms with van der Waals surface area (Å²) in [5, 5.41) is 0. The summed E-state index contributed by atoms with van der Waals surface area (Å²) in [6, 6.07) is 0.976. The fourth-order valence-corrected chi connectivity index (χ4v) is 3.03. The molecule has 2 aliphatic rings. The Morgan fingerprint density at radius 3 is 2.86 bits per heavy atom. The molecular weight excluding hydrogens is 172 g/mol. The molecule has 14 heavy (non-hydrogen) atoms. The van der Waals surface area contributed by atoms with Gasteiger partial charge in [0.1, 0.15) is 0 Å². The van der Waals surface area contributed by atoms with E-state index >= 15 is 0 Å². The number of nitrogens with two attached hydrogens (primary N) is 1. The van der Waals surface area contributed by atoms with Gasteiger partial charge in [0.25, 0.3) is 0 Å². The summed E-state index contributed by atoms with van der Waals surface area (Å²) in [7, 11) is 0. The van der Waals surface area contributed by atoms with E-state index in [0.717, 1.165) is 11.8 Å². The van der Waals surface area contributed by atoms with Crippen molar-refractivity contribution >= 4 is 0 Å². The summed E-state index contributed by atoms with van der Waals surface area (Å²) in [4.78, 5) is 2.54. The summed E-state index contributed by atoms with van der Waals surface area (Å²) in [6.45, 7) is 8.54. The summed E-state index contributed by atoms with van der Waals surface area (Å²) in [5.41, 5.74) is 6.17. The number of likely N-dealkylation sites (tertiary alicyclic amines) is 1. The van der Waals surface area contributed by atoms with Crippen molar-refractivity contribution in [3.05, 3.63) is 12.7 Å². The first kappa shape index (κ1) is 10.2. The van der Waals surface area contributed by atoms with Crippen molar-refractivity contribution in [1.82, 2.24) is 4.90 Å². The van der Waals surface area contributed by atoms with Crippen LogP contribution in [0, 0.1) is 11.8 Å². The molecule has 1 aliphatic carbocycles. The number of nitrogens with zero attached hydrogens (tertiary/aromatic N) is 1. The van der Waals surface area contributed by atoms with Crippen LogP contribution in [0.4, 0.5) is 0 Å². The van der Waals surface area contributed by atoms with Gasteiger partial charge in [-0.25, -0.2) is 0 Å². The lowest BCUT2D eigenvalue weighted by Gasteiger charge is -2.30. The predicted molar refractivity (Wildman–Crippen MR) is 60.0 cm³/mol. The van der Waals surface area contributed by atoms with E-state index in [4.69, 9.17) is 5.73 Å². The van der Waals surface area contributed by atoms with Gasteiger partial charge in [0, 0.05) is 25.2 Å². The number of hydrogen-bond acceptors (Lipinski definition) is 2. The zero-order valence-corrected chi connectivity index (χ0v) is 9.15.